The smallest absolute Gasteiger partial charge is 0.409 e. The fraction of sp³-hybridized carbons (Fsp3) is 0.190. The third kappa shape index (κ3) is 4.37. The number of benzene rings is 2. The van der Waals surface area contributed by atoms with Gasteiger partial charge in [0, 0.05) is 14.1 Å². The number of carboxylic acid groups (broad SMARTS) is 1. The number of thiazole rings is 1. The Morgan fingerprint density at radius 1 is 1.07 bits per heavy atom. The van der Waals surface area contributed by atoms with Gasteiger partial charge in [-0.2, -0.15) is 0 Å². The van der Waals surface area contributed by atoms with Gasteiger partial charge in [0.25, 0.3) is 0 Å². The van der Waals surface area contributed by atoms with Crippen molar-refractivity contribution in [1.29, 1.82) is 0 Å². The van der Waals surface area contributed by atoms with Crippen LogP contribution in [0.1, 0.15) is 21.1 Å². The highest BCUT2D eigenvalue weighted by Gasteiger charge is 2.13. The molecule has 6 nitrogen and oxygen atoms in total. The largest absolute Gasteiger partial charge is 0.478 e. The molecule has 0 fully saturated rings. The summed E-state index contributed by atoms with van der Waals surface area (Å²) in [6.45, 7) is 2.07. The first-order valence-corrected chi connectivity index (χ1v) is 9.41. The lowest BCUT2D eigenvalue weighted by Gasteiger charge is -2.09. The highest BCUT2D eigenvalue weighted by molar-refractivity contribution is 7.15. The number of carboxylic acids is 1. The third-order valence-corrected chi connectivity index (χ3v) is 5.30. The van der Waals surface area contributed by atoms with Crippen molar-refractivity contribution in [2.24, 2.45) is 0 Å². The molecule has 28 heavy (non-hydrogen) atoms. The average molecular weight is 396 g/mol. The van der Waals surface area contributed by atoms with Crippen LogP contribution >= 0.6 is 11.3 Å². The van der Waals surface area contributed by atoms with E-state index in [-0.39, 0.29) is 12.2 Å². The number of ether oxygens (including phenoxy) is 1. The Kier molecular flexibility index (Phi) is 5.75. The molecule has 144 valence electrons. The molecular formula is C21H20N2O4S. The normalized spacial score (nSPS) is 10.5. The highest BCUT2D eigenvalue weighted by atomic mass is 32.1. The standard InChI is InChI=1S/C21H20N2O4S/c1-13-19(28-18(22-13)12-27-21(26)23(2)3)17-6-4-5-16(11-17)14-7-9-15(10-8-14)20(24)25/h4-11H,12H2,1-3H3,(H,24,25). The topological polar surface area (TPSA) is 79.7 Å². The predicted octanol–water partition coefficient (Wildman–Crippen LogP) is 4.68. The van der Waals surface area contributed by atoms with E-state index in [2.05, 4.69) is 4.98 Å². The predicted molar refractivity (Wildman–Crippen MR) is 109 cm³/mol. The summed E-state index contributed by atoms with van der Waals surface area (Å²) in [5.74, 6) is -0.942. The molecule has 3 aromatic rings. The van der Waals surface area contributed by atoms with Crippen molar-refractivity contribution in [3.63, 3.8) is 0 Å². The molecule has 0 atom stereocenters. The minimum atomic E-state index is -0.942. The van der Waals surface area contributed by atoms with Gasteiger partial charge in [-0.25, -0.2) is 14.6 Å². The lowest BCUT2D eigenvalue weighted by molar-refractivity contribution is 0.0696. The molecule has 0 saturated heterocycles. The van der Waals surface area contributed by atoms with Crippen LogP contribution < -0.4 is 0 Å². The first-order chi connectivity index (χ1) is 13.3. The van der Waals surface area contributed by atoms with Crippen LogP contribution in [-0.2, 0) is 11.3 Å². The average Bonchev–Trinajstić information content (AvgIpc) is 3.06. The molecule has 0 radical (unpaired) electrons. The van der Waals surface area contributed by atoms with E-state index < -0.39 is 12.1 Å². The van der Waals surface area contributed by atoms with Crippen molar-refractivity contribution in [2.75, 3.05) is 14.1 Å². The summed E-state index contributed by atoms with van der Waals surface area (Å²) in [4.78, 5) is 29.5. The number of nitrogens with zero attached hydrogens (tertiary/aromatic N) is 2. The van der Waals surface area contributed by atoms with E-state index in [9.17, 15) is 9.59 Å². The minimum absolute atomic E-state index is 0.138. The fourth-order valence-electron chi connectivity index (χ4n) is 2.68. The molecule has 1 heterocycles. The number of aromatic nitrogens is 1. The Morgan fingerprint density at radius 3 is 2.39 bits per heavy atom. The molecule has 0 spiro atoms. The van der Waals surface area contributed by atoms with Gasteiger partial charge in [0.05, 0.1) is 16.1 Å². The van der Waals surface area contributed by atoms with Gasteiger partial charge in [0.1, 0.15) is 11.6 Å². The van der Waals surface area contributed by atoms with Crippen LogP contribution in [0.5, 0.6) is 0 Å². The number of rotatable bonds is 5. The minimum Gasteiger partial charge on any atom is -0.478 e. The van der Waals surface area contributed by atoms with Crippen LogP contribution in [0.15, 0.2) is 48.5 Å². The van der Waals surface area contributed by atoms with Gasteiger partial charge in [-0.15, -0.1) is 11.3 Å². The van der Waals surface area contributed by atoms with E-state index in [1.807, 2.05) is 31.2 Å². The quantitative estimate of drug-likeness (QED) is 0.677. The van der Waals surface area contributed by atoms with Crippen LogP contribution in [0, 0.1) is 6.92 Å². The molecule has 1 amide bonds. The van der Waals surface area contributed by atoms with Crippen molar-refractivity contribution in [3.05, 3.63) is 64.8 Å². The van der Waals surface area contributed by atoms with Crippen LogP contribution in [-0.4, -0.2) is 41.1 Å². The van der Waals surface area contributed by atoms with E-state index in [4.69, 9.17) is 9.84 Å². The van der Waals surface area contributed by atoms with Gasteiger partial charge >= 0.3 is 12.1 Å². The zero-order valence-electron chi connectivity index (χ0n) is 15.8. The van der Waals surface area contributed by atoms with Crippen LogP contribution in [0.2, 0.25) is 0 Å². The first kappa shape index (κ1) is 19.6. The number of hydrogen-bond donors (Lipinski definition) is 1. The molecular weight excluding hydrogens is 376 g/mol. The van der Waals surface area contributed by atoms with E-state index in [1.165, 1.54) is 16.2 Å². The number of aryl methyl sites for hydroxylation is 1. The van der Waals surface area contributed by atoms with Gasteiger partial charge in [-0.1, -0.05) is 30.3 Å². The van der Waals surface area contributed by atoms with Gasteiger partial charge < -0.3 is 14.7 Å². The van der Waals surface area contributed by atoms with Gasteiger partial charge in [-0.3, -0.25) is 0 Å². The highest BCUT2D eigenvalue weighted by Crippen LogP contribution is 2.33. The number of hydrogen-bond acceptors (Lipinski definition) is 5. The number of aromatic carboxylic acids is 1. The molecule has 1 N–H and O–H groups in total. The molecule has 0 aliphatic heterocycles. The van der Waals surface area contributed by atoms with Crippen molar-refractivity contribution < 1.29 is 19.4 Å². The van der Waals surface area contributed by atoms with Crippen molar-refractivity contribution >= 4 is 23.4 Å². The summed E-state index contributed by atoms with van der Waals surface area (Å²) in [5.41, 5.74) is 4.08. The monoisotopic (exact) mass is 396 g/mol. The summed E-state index contributed by atoms with van der Waals surface area (Å²) in [6.07, 6.45) is -0.402. The lowest BCUT2D eigenvalue weighted by Crippen LogP contribution is -2.22. The molecule has 3 rings (SSSR count). The fourth-order valence-corrected chi connectivity index (χ4v) is 3.65. The Hall–Kier alpha value is -3.19. The Bertz CT molecular complexity index is 1010. The van der Waals surface area contributed by atoms with Gasteiger partial charge in [0.2, 0.25) is 0 Å². The Labute approximate surface area is 167 Å². The zero-order valence-corrected chi connectivity index (χ0v) is 16.6. The second-order valence-electron chi connectivity index (χ2n) is 6.43. The Morgan fingerprint density at radius 2 is 1.75 bits per heavy atom. The SMILES string of the molecule is Cc1nc(COC(=O)N(C)C)sc1-c1cccc(-c2ccc(C(=O)O)cc2)c1. The maximum Gasteiger partial charge on any atom is 0.409 e. The molecule has 7 heteroatoms. The zero-order chi connectivity index (χ0) is 20.3. The van der Waals surface area contributed by atoms with Crippen LogP contribution in [0.25, 0.3) is 21.6 Å². The molecule has 0 unspecified atom stereocenters. The Balaban J connectivity index is 1.84. The van der Waals surface area contributed by atoms with E-state index >= 15 is 0 Å². The summed E-state index contributed by atoms with van der Waals surface area (Å²) in [7, 11) is 3.27. The molecule has 0 aliphatic rings. The molecule has 2 aromatic carbocycles. The van der Waals surface area contributed by atoms with Gasteiger partial charge in [0.15, 0.2) is 0 Å². The van der Waals surface area contributed by atoms with Crippen molar-refractivity contribution in [2.45, 2.75) is 13.5 Å². The second kappa shape index (κ2) is 8.22. The summed E-state index contributed by atoms with van der Waals surface area (Å²) < 4.78 is 5.20. The molecule has 1 aromatic heterocycles. The van der Waals surface area contributed by atoms with Crippen LogP contribution in [0.4, 0.5) is 4.79 Å². The molecule has 0 bridgehead atoms. The molecule has 0 saturated carbocycles. The second-order valence-corrected chi connectivity index (χ2v) is 7.52. The van der Waals surface area contributed by atoms with E-state index in [0.717, 1.165) is 32.3 Å². The maximum atomic E-state index is 11.6. The summed E-state index contributed by atoms with van der Waals surface area (Å²) in [6, 6.07) is 14.8. The van der Waals surface area contributed by atoms with Gasteiger partial charge in [-0.05, 0) is 41.8 Å². The maximum absolute atomic E-state index is 11.6. The summed E-state index contributed by atoms with van der Waals surface area (Å²) in [5, 5.41) is 9.78. The van der Waals surface area contributed by atoms with Crippen molar-refractivity contribution in [1.82, 2.24) is 9.88 Å². The van der Waals surface area contributed by atoms with Crippen molar-refractivity contribution in [3.8, 4) is 21.6 Å². The number of carbonyl (C=O) groups excluding carboxylic acids is 1. The lowest BCUT2D eigenvalue weighted by atomic mass is 10.0. The molecule has 0 aliphatic carbocycles. The third-order valence-electron chi connectivity index (χ3n) is 4.12. The van der Waals surface area contributed by atoms with E-state index in [0.29, 0.717) is 0 Å². The number of amides is 1. The van der Waals surface area contributed by atoms with E-state index in [1.54, 1.807) is 38.4 Å². The van der Waals surface area contributed by atoms with Crippen LogP contribution in [0.3, 0.4) is 0 Å². The first-order valence-electron chi connectivity index (χ1n) is 8.59. The number of carbonyl (C=O) groups is 2. The summed E-state index contributed by atoms with van der Waals surface area (Å²) >= 11 is 1.49.